The monoisotopic (exact) mass is 551 g/mol. The third-order valence-corrected chi connectivity index (χ3v) is 11.9. The molecule has 5 heteroatoms. The zero-order valence-electron chi connectivity index (χ0n) is 17.1. The Morgan fingerprint density at radius 2 is 1.09 bits per heavy atom. The van der Waals surface area contributed by atoms with Gasteiger partial charge in [-0.3, -0.25) is 0 Å². The summed E-state index contributed by atoms with van der Waals surface area (Å²) in [6.07, 6.45) is 5.64. The first-order valence-electron chi connectivity index (χ1n) is 10.0. The summed E-state index contributed by atoms with van der Waals surface area (Å²) in [6.45, 7) is 0. The van der Waals surface area contributed by atoms with Crippen LogP contribution in [0.1, 0.15) is 16.7 Å². The van der Waals surface area contributed by atoms with E-state index in [0.717, 1.165) is 16.8 Å². The summed E-state index contributed by atoms with van der Waals surface area (Å²) in [4.78, 5) is 4.46. The zero-order valence-corrected chi connectivity index (χ0v) is 20.6. The average Bonchev–Trinajstić information content (AvgIpc) is 2.83. The normalized spacial score (nSPS) is 11.4. The van der Waals surface area contributed by atoms with Crippen LogP contribution in [0.25, 0.3) is 12.2 Å². The first-order valence-corrected chi connectivity index (χ1v) is 16.0. The van der Waals surface area contributed by atoms with Crippen LogP contribution in [0.4, 0.5) is 5.69 Å². The zero-order chi connectivity index (χ0) is 22.2. The van der Waals surface area contributed by atoms with Crippen molar-refractivity contribution < 1.29 is 10.2 Å². The Morgan fingerprint density at radius 3 is 1.69 bits per heavy atom. The maximum atomic E-state index is 9.86. The van der Waals surface area contributed by atoms with Crippen molar-refractivity contribution in [1.29, 1.82) is 0 Å². The number of hydrogen-bond acceptors (Lipinski definition) is 3. The molecule has 4 aromatic carbocycles. The van der Waals surface area contributed by atoms with E-state index < -0.39 is 0 Å². The molecule has 0 fully saturated rings. The van der Waals surface area contributed by atoms with Crippen LogP contribution in [0.2, 0.25) is 0 Å². The second kappa shape index (κ2) is 11.0. The molecule has 0 heterocycles. The Bertz CT molecular complexity index is 1130. The SMILES string of the molecule is Oc1ccccc1C=Nc1ccc([Se][Se]c2ccc(/C=C/c3ccccc3O)cc2)cc1. The number of rotatable bonds is 7. The molecule has 0 saturated heterocycles. The Kier molecular flexibility index (Phi) is 7.60. The van der Waals surface area contributed by atoms with E-state index in [1.807, 2.05) is 54.6 Å². The molecule has 158 valence electrons. The van der Waals surface area contributed by atoms with Gasteiger partial charge in [0.1, 0.15) is 0 Å². The van der Waals surface area contributed by atoms with Crippen LogP contribution >= 0.6 is 0 Å². The van der Waals surface area contributed by atoms with Gasteiger partial charge in [0, 0.05) is 0 Å². The molecule has 0 aromatic heterocycles. The summed E-state index contributed by atoms with van der Waals surface area (Å²) in [5, 5.41) is 19.7. The molecule has 0 radical (unpaired) electrons. The van der Waals surface area contributed by atoms with Gasteiger partial charge in [0.25, 0.3) is 0 Å². The minimum absolute atomic E-state index is 0.235. The summed E-state index contributed by atoms with van der Waals surface area (Å²) >= 11 is 0.813. The Labute approximate surface area is 199 Å². The van der Waals surface area contributed by atoms with Crippen LogP contribution in [0.5, 0.6) is 11.5 Å². The van der Waals surface area contributed by atoms with Crippen LogP contribution in [-0.4, -0.2) is 42.7 Å². The molecule has 4 aromatic rings. The molecule has 0 aliphatic carbocycles. The van der Waals surface area contributed by atoms with Gasteiger partial charge in [-0.25, -0.2) is 0 Å². The molecular weight excluding hydrogens is 528 g/mol. The molecule has 0 spiro atoms. The van der Waals surface area contributed by atoms with Crippen molar-refractivity contribution in [3.8, 4) is 11.5 Å². The van der Waals surface area contributed by atoms with Crippen molar-refractivity contribution in [2.75, 3.05) is 0 Å². The van der Waals surface area contributed by atoms with Gasteiger partial charge in [0.2, 0.25) is 0 Å². The summed E-state index contributed by atoms with van der Waals surface area (Å²) in [7, 11) is 0. The van der Waals surface area contributed by atoms with Crippen molar-refractivity contribution >= 4 is 59.2 Å². The van der Waals surface area contributed by atoms with Crippen LogP contribution in [0.15, 0.2) is 102 Å². The van der Waals surface area contributed by atoms with Crippen LogP contribution < -0.4 is 8.92 Å². The molecule has 4 rings (SSSR count). The summed E-state index contributed by atoms with van der Waals surface area (Å²) in [5.74, 6) is 0.528. The molecule has 0 bridgehead atoms. The van der Waals surface area contributed by atoms with Crippen LogP contribution in [0.3, 0.4) is 0 Å². The number of phenols is 2. The Balaban J connectivity index is 1.32. The molecule has 0 saturated carbocycles. The van der Waals surface area contributed by atoms with Gasteiger partial charge in [-0.2, -0.15) is 0 Å². The van der Waals surface area contributed by atoms with E-state index in [1.54, 1.807) is 24.4 Å². The van der Waals surface area contributed by atoms with Crippen molar-refractivity contribution in [3.05, 3.63) is 114 Å². The maximum absolute atomic E-state index is 9.86. The molecule has 0 amide bonds. The van der Waals surface area contributed by atoms with E-state index in [4.69, 9.17) is 0 Å². The van der Waals surface area contributed by atoms with E-state index >= 15 is 0 Å². The van der Waals surface area contributed by atoms with Gasteiger partial charge in [-0.05, 0) is 0 Å². The standard InChI is InChI=1S/C27H21NO2Se2/c29-26-7-3-1-5-21(26)12-9-20-10-15-24(16-11-20)31-32-25-17-13-23(14-18-25)28-19-22-6-2-4-8-27(22)30/h1-19,29-30H/b12-9+,28-19?. The first-order chi connectivity index (χ1) is 15.7. The second-order valence-corrected chi connectivity index (χ2v) is 13.3. The molecule has 2 N–H and O–H groups in total. The predicted octanol–water partition coefficient (Wildman–Crippen LogP) is 4.29. The van der Waals surface area contributed by atoms with Gasteiger partial charge in [0.05, 0.1) is 0 Å². The number of aliphatic imine (C=N–C) groups is 1. The first kappa shape index (κ1) is 22.1. The summed E-state index contributed by atoms with van der Waals surface area (Å²) < 4.78 is 2.72. The van der Waals surface area contributed by atoms with Crippen molar-refractivity contribution in [2.45, 2.75) is 0 Å². The number of hydrogen-bond donors (Lipinski definition) is 2. The van der Waals surface area contributed by atoms with E-state index in [-0.39, 0.29) is 5.75 Å². The van der Waals surface area contributed by atoms with Gasteiger partial charge in [0.15, 0.2) is 0 Å². The molecule has 3 nitrogen and oxygen atoms in total. The van der Waals surface area contributed by atoms with E-state index in [0.29, 0.717) is 37.6 Å². The van der Waals surface area contributed by atoms with E-state index in [1.165, 1.54) is 8.92 Å². The predicted molar refractivity (Wildman–Crippen MR) is 136 cm³/mol. The fraction of sp³-hybridized carbons (Fsp3) is 0. The third kappa shape index (κ3) is 6.23. The molecule has 0 unspecified atom stereocenters. The number of benzene rings is 4. The third-order valence-electron chi connectivity index (χ3n) is 4.63. The van der Waals surface area contributed by atoms with Gasteiger partial charge < -0.3 is 0 Å². The number of aromatic hydroxyl groups is 2. The van der Waals surface area contributed by atoms with Crippen molar-refractivity contribution in [3.63, 3.8) is 0 Å². The van der Waals surface area contributed by atoms with Gasteiger partial charge >= 0.3 is 200 Å². The number of phenolic OH excluding ortho intramolecular Hbond substituents is 2. The quantitative estimate of drug-likeness (QED) is 0.205. The van der Waals surface area contributed by atoms with Crippen molar-refractivity contribution in [2.24, 2.45) is 4.99 Å². The number of nitrogens with zero attached hydrogens (tertiary/aromatic N) is 1. The minimum atomic E-state index is 0.235. The van der Waals surface area contributed by atoms with Crippen LogP contribution in [-0.2, 0) is 0 Å². The molecule has 32 heavy (non-hydrogen) atoms. The molecular formula is C27H21NO2Se2. The summed E-state index contributed by atoms with van der Waals surface area (Å²) in [6, 6.07) is 31.5. The fourth-order valence-corrected chi connectivity index (χ4v) is 8.84. The molecule has 0 aliphatic heterocycles. The number of para-hydroxylation sites is 2. The van der Waals surface area contributed by atoms with Gasteiger partial charge in [-0.15, -0.1) is 0 Å². The van der Waals surface area contributed by atoms with E-state index in [2.05, 4.69) is 41.4 Å². The second-order valence-electron chi connectivity index (χ2n) is 6.94. The Morgan fingerprint density at radius 1 is 0.562 bits per heavy atom. The van der Waals surface area contributed by atoms with Crippen LogP contribution in [0, 0.1) is 0 Å². The topological polar surface area (TPSA) is 52.8 Å². The fourth-order valence-electron chi connectivity index (χ4n) is 2.87. The summed E-state index contributed by atoms with van der Waals surface area (Å²) in [5.41, 5.74) is 3.52. The Hall–Kier alpha value is -3.07. The van der Waals surface area contributed by atoms with E-state index in [9.17, 15) is 10.2 Å². The van der Waals surface area contributed by atoms with Gasteiger partial charge in [-0.1, -0.05) is 0 Å². The van der Waals surface area contributed by atoms with Crippen molar-refractivity contribution in [1.82, 2.24) is 0 Å². The average molecular weight is 549 g/mol. The molecule has 0 aliphatic rings. The molecule has 0 atom stereocenters.